The van der Waals surface area contributed by atoms with Crippen molar-refractivity contribution in [2.75, 3.05) is 13.6 Å². The van der Waals surface area contributed by atoms with Crippen LogP contribution in [0.5, 0.6) is 0 Å². The van der Waals surface area contributed by atoms with Gasteiger partial charge in [-0.1, -0.05) is 6.92 Å². The van der Waals surface area contributed by atoms with Gasteiger partial charge in [-0.15, -0.1) is 0 Å². The molecule has 1 aromatic rings. The van der Waals surface area contributed by atoms with Crippen LogP contribution in [0, 0.1) is 0 Å². The number of nitrogens with zero attached hydrogens (tertiary/aromatic N) is 1. The standard InChI is InChI=1S/C12H19BrN2O2/c1-5-14-12(2,3)11(16)15(4)8-9-6-7-10(13)17-9/h6-7,14H,5,8H2,1-4H3. The summed E-state index contributed by atoms with van der Waals surface area (Å²) < 4.78 is 6.06. The molecular formula is C12H19BrN2O2. The number of carbonyl (C=O) groups is 1. The SMILES string of the molecule is CCNC(C)(C)C(=O)N(C)Cc1ccc(Br)o1. The summed E-state index contributed by atoms with van der Waals surface area (Å²) in [6.07, 6.45) is 0. The first-order valence-electron chi connectivity index (χ1n) is 5.61. The average Bonchev–Trinajstić information content (AvgIpc) is 2.62. The van der Waals surface area contributed by atoms with Gasteiger partial charge in [0.1, 0.15) is 5.76 Å². The molecule has 0 fully saturated rings. The fraction of sp³-hybridized carbons (Fsp3) is 0.583. The number of hydrogen-bond acceptors (Lipinski definition) is 3. The minimum Gasteiger partial charge on any atom is -0.452 e. The van der Waals surface area contributed by atoms with Crippen molar-refractivity contribution in [3.8, 4) is 0 Å². The monoisotopic (exact) mass is 302 g/mol. The first-order chi connectivity index (χ1) is 7.86. The van der Waals surface area contributed by atoms with Crippen molar-refractivity contribution < 1.29 is 9.21 Å². The van der Waals surface area contributed by atoms with Crippen LogP contribution in [0.1, 0.15) is 26.5 Å². The average molecular weight is 303 g/mol. The molecule has 0 aromatic carbocycles. The molecule has 0 aliphatic rings. The van der Waals surface area contributed by atoms with E-state index in [2.05, 4.69) is 21.2 Å². The Morgan fingerprint density at radius 3 is 2.65 bits per heavy atom. The van der Waals surface area contributed by atoms with Gasteiger partial charge in [0.25, 0.3) is 0 Å². The lowest BCUT2D eigenvalue weighted by Gasteiger charge is -2.29. The van der Waals surface area contributed by atoms with Gasteiger partial charge in [-0.2, -0.15) is 0 Å². The van der Waals surface area contributed by atoms with Gasteiger partial charge in [-0.25, -0.2) is 0 Å². The van der Waals surface area contributed by atoms with Crippen molar-refractivity contribution in [3.63, 3.8) is 0 Å². The summed E-state index contributed by atoms with van der Waals surface area (Å²) >= 11 is 3.24. The molecule has 0 saturated carbocycles. The lowest BCUT2D eigenvalue weighted by molar-refractivity contribution is -0.136. The third kappa shape index (κ3) is 3.85. The van der Waals surface area contributed by atoms with Crippen LogP contribution in [-0.2, 0) is 11.3 Å². The number of likely N-dealkylation sites (N-methyl/N-ethyl adjacent to an activating group) is 2. The van der Waals surface area contributed by atoms with Gasteiger partial charge >= 0.3 is 0 Å². The Hall–Kier alpha value is -0.810. The van der Waals surface area contributed by atoms with Gasteiger partial charge in [0, 0.05) is 7.05 Å². The first-order valence-corrected chi connectivity index (χ1v) is 6.41. The molecule has 0 atom stereocenters. The minimum absolute atomic E-state index is 0.0480. The number of amides is 1. The number of nitrogens with one attached hydrogen (secondary N) is 1. The molecular weight excluding hydrogens is 284 g/mol. The predicted molar refractivity (Wildman–Crippen MR) is 70.6 cm³/mol. The topological polar surface area (TPSA) is 45.5 Å². The molecule has 0 spiro atoms. The molecule has 0 unspecified atom stereocenters. The lowest BCUT2D eigenvalue weighted by atomic mass is 10.0. The maximum atomic E-state index is 12.2. The Balaban J connectivity index is 2.64. The number of halogens is 1. The van der Waals surface area contributed by atoms with Crippen molar-refractivity contribution in [2.45, 2.75) is 32.9 Å². The normalized spacial score (nSPS) is 11.6. The van der Waals surface area contributed by atoms with Gasteiger partial charge in [0.15, 0.2) is 4.67 Å². The number of carbonyl (C=O) groups excluding carboxylic acids is 1. The van der Waals surface area contributed by atoms with Crippen LogP contribution in [0.25, 0.3) is 0 Å². The Labute approximate surface area is 110 Å². The highest BCUT2D eigenvalue weighted by Gasteiger charge is 2.29. The fourth-order valence-electron chi connectivity index (χ4n) is 1.74. The Bertz CT molecular complexity index is 388. The summed E-state index contributed by atoms with van der Waals surface area (Å²) in [5, 5.41) is 3.16. The van der Waals surface area contributed by atoms with Crippen LogP contribution in [0.15, 0.2) is 21.2 Å². The van der Waals surface area contributed by atoms with Crippen molar-refractivity contribution in [1.82, 2.24) is 10.2 Å². The predicted octanol–water partition coefficient (Wildman–Crippen LogP) is 2.39. The largest absolute Gasteiger partial charge is 0.452 e. The third-order valence-electron chi connectivity index (χ3n) is 2.52. The van der Waals surface area contributed by atoms with Gasteiger partial charge < -0.3 is 14.6 Å². The molecule has 96 valence electrons. The van der Waals surface area contributed by atoms with Crippen molar-refractivity contribution in [2.24, 2.45) is 0 Å². The minimum atomic E-state index is -0.548. The second-order valence-electron chi connectivity index (χ2n) is 4.52. The smallest absolute Gasteiger partial charge is 0.242 e. The highest BCUT2D eigenvalue weighted by atomic mass is 79.9. The van der Waals surface area contributed by atoms with Gasteiger partial charge in [0.05, 0.1) is 12.1 Å². The number of furan rings is 1. The molecule has 5 heteroatoms. The zero-order chi connectivity index (χ0) is 13.1. The first kappa shape index (κ1) is 14.3. The highest BCUT2D eigenvalue weighted by Crippen LogP contribution is 2.16. The van der Waals surface area contributed by atoms with Crippen LogP contribution in [0.4, 0.5) is 0 Å². The quantitative estimate of drug-likeness (QED) is 0.908. The molecule has 0 aliphatic heterocycles. The molecule has 0 radical (unpaired) electrons. The Morgan fingerprint density at radius 1 is 1.53 bits per heavy atom. The molecule has 1 heterocycles. The van der Waals surface area contributed by atoms with E-state index in [4.69, 9.17) is 4.42 Å². The molecule has 1 aromatic heterocycles. The zero-order valence-electron chi connectivity index (χ0n) is 10.7. The van der Waals surface area contributed by atoms with Gasteiger partial charge in [-0.3, -0.25) is 4.79 Å². The molecule has 4 nitrogen and oxygen atoms in total. The van der Waals surface area contributed by atoms with Crippen LogP contribution in [-0.4, -0.2) is 29.9 Å². The van der Waals surface area contributed by atoms with Gasteiger partial charge in [-0.05, 0) is 48.5 Å². The van der Waals surface area contributed by atoms with Crippen LogP contribution >= 0.6 is 15.9 Å². The summed E-state index contributed by atoms with van der Waals surface area (Å²) in [7, 11) is 1.78. The van der Waals surface area contributed by atoms with E-state index >= 15 is 0 Å². The van der Waals surface area contributed by atoms with Crippen molar-refractivity contribution in [3.05, 3.63) is 22.6 Å². The van der Waals surface area contributed by atoms with E-state index in [9.17, 15) is 4.79 Å². The number of hydrogen-bond donors (Lipinski definition) is 1. The zero-order valence-corrected chi connectivity index (χ0v) is 12.3. The van der Waals surface area contributed by atoms with Gasteiger partial charge in [0.2, 0.25) is 5.91 Å². The Morgan fingerprint density at radius 2 is 2.18 bits per heavy atom. The molecule has 1 N–H and O–H groups in total. The Kier molecular flexibility index (Phi) is 4.77. The molecule has 0 saturated heterocycles. The maximum absolute atomic E-state index is 12.2. The van der Waals surface area contributed by atoms with Crippen LogP contribution < -0.4 is 5.32 Å². The molecule has 17 heavy (non-hydrogen) atoms. The van der Waals surface area contributed by atoms with Crippen LogP contribution in [0.3, 0.4) is 0 Å². The summed E-state index contributed by atoms with van der Waals surface area (Å²) in [6, 6.07) is 3.68. The molecule has 0 aliphatic carbocycles. The van der Waals surface area contributed by atoms with E-state index < -0.39 is 5.54 Å². The highest BCUT2D eigenvalue weighted by molar-refractivity contribution is 9.10. The van der Waals surface area contributed by atoms with Crippen LogP contribution in [0.2, 0.25) is 0 Å². The molecule has 1 amide bonds. The second kappa shape index (κ2) is 5.69. The van der Waals surface area contributed by atoms with E-state index in [0.29, 0.717) is 11.2 Å². The van der Waals surface area contributed by atoms with E-state index in [1.54, 1.807) is 11.9 Å². The van der Waals surface area contributed by atoms with Crippen molar-refractivity contribution >= 4 is 21.8 Å². The van der Waals surface area contributed by atoms with E-state index in [1.165, 1.54) is 0 Å². The summed E-state index contributed by atoms with van der Waals surface area (Å²) in [5.41, 5.74) is -0.548. The maximum Gasteiger partial charge on any atom is 0.242 e. The summed E-state index contributed by atoms with van der Waals surface area (Å²) in [4.78, 5) is 13.8. The number of rotatable bonds is 5. The summed E-state index contributed by atoms with van der Waals surface area (Å²) in [5.74, 6) is 0.812. The van der Waals surface area contributed by atoms with E-state index in [0.717, 1.165) is 12.3 Å². The summed E-state index contributed by atoms with van der Waals surface area (Å²) in [6.45, 7) is 6.98. The van der Waals surface area contributed by atoms with E-state index in [-0.39, 0.29) is 5.91 Å². The molecule has 0 bridgehead atoms. The fourth-order valence-corrected chi connectivity index (χ4v) is 2.08. The van der Waals surface area contributed by atoms with Crippen molar-refractivity contribution in [1.29, 1.82) is 0 Å². The lowest BCUT2D eigenvalue weighted by Crippen LogP contribution is -2.52. The molecule has 1 rings (SSSR count). The second-order valence-corrected chi connectivity index (χ2v) is 5.30. The third-order valence-corrected chi connectivity index (χ3v) is 2.95. The van der Waals surface area contributed by atoms with E-state index in [1.807, 2.05) is 32.9 Å².